The monoisotopic (exact) mass is 265 g/mol. The average Bonchev–Trinajstić information content (AvgIpc) is 2.46. The third-order valence-electron chi connectivity index (χ3n) is 3.49. The molecule has 2 unspecified atom stereocenters. The van der Waals surface area contributed by atoms with E-state index in [9.17, 15) is 0 Å². The molecule has 0 saturated heterocycles. The Morgan fingerprint density at radius 3 is 2.84 bits per heavy atom. The SMILES string of the molecule is CCCOc1cc(OC2CCCCC2CN)ncn1. The van der Waals surface area contributed by atoms with Crippen molar-refractivity contribution in [1.29, 1.82) is 0 Å². The number of rotatable bonds is 6. The molecular weight excluding hydrogens is 242 g/mol. The summed E-state index contributed by atoms with van der Waals surface area (Å²) < 4.78 is 11.5. The van der Waals surface area contributed by atoms with Gasteiger partial charge in [-0.25, -0.2) is 9.97 Å². The van der Waals surface area contributed by atoms with Crippen LogP contribution in [0.4, 0.5) is 0 Å². The minimum absolute atomic E-state index is 0.174. The molecule has 1 heterocycles. The van der Waals surface area contributed by atoms with E-state index in [0.29, 0.717) is 30.8 Å². The summed E-state index contributed by atoms with van der Waals surface area (Å²) in [6.45, 7) is 3.40. The first-order valence-electron chi connectivity index (χ1n) is 7.15. The minimum Gasteiger partial charge on any atom is -0.478 e. The third kappa shape index (κ3) is 4.06. The summed E-state index contributed by atoms with van der Waals surface area (Å²) in [5.41, 5.74) is 5.81. The number of nitrogens with zero attached hydrogens (tertiary/aromatic N) is 2. The van der Waals surface area contributed by atoms with Crippen molar-refractivity contribution in [3.63, 3.8) is 0 Å². The Bertz CT molecular complexity index is 387. The molecule has 5 heteroatoms. The molecule has 0 radical (unpaired) electrons. The van der Waals surface area contributed by atoms with Gasteiger partial charge in [0.2, 0.25) is 11.8 Å². The first-order chi connectivity index (χ1) is 9.33. The molecule has 1 aromatic rings. The Labute approximate surface area is 114 Å². The first kappa shape index (κ1) is 14.1. The largest absolute Gasteiger partial charge is 0.478 e. The lowest BCUT2D eigenvalue weighted by molar-refractivity contribution is 0.0916. The van der Waals surface area contributed by atoms with Gasteiger partial charge in [0.15, 0.2) is 0 Å². The lowest BCUT2D eigenvalue weighted by Gasteiger charge is -2.30. The Kier molecular flexibility index (Phi) is 5.39. The molecule has 0 aliphatic heterocycles. The molecule has 1 fully saturated rings. The number of hydrogen-bond acceptors (Lipinski definition) is 5. The Morgan fingerprint density at radius 1 is 1.26 bits per heavy atom. The summed E-state index contributed by atoms with van der Waals surface area (Å²) in [4.78, 5) is 8.23. The highest BCUT2D eigenvalue weighted by Gasteiger charge is 2.26. The van der Waals surface area contributed by atoms with E-state index in [2.05, 4.69) is 16.9 Å². The quantitative estimate of drug-likeness (QED) is 0.853. The van der Waals surface area contributed by atoms with Gasteiger partial charge in [-0.15, -0.1) is 0 Å². The van der Waals surface area contributed by atoms with Crippen molar-refractivity contribution in [3.8, 4) is 11.8 Å². The zero-order valence-corrected chi connectivity index (χ0v) is 11.5. The second kappa shape index (κ2) is 7.28. The Morgan fingerprint density at radius 2 is 2.05 bits per heavy atom. The van der Waals surface area contributed by atoms with E-state index in [1.165, 1.54) is 19.2 Å². The van der Waals surface area contributed by atoms with Crippen LogP contribution in [0.1, 0.15) is 39.0 Å². The van der Waals surface area contributed by atoms with Crippen LogP contribution in [-0.2, 0) is 0 Å². The summed E-state index contributed by atoms with van der Waals surface area (Å²) in [5, 5.41) is 0. The highest BCUT2D eigenvalue weighted by Crippen LogP contribution is 2.27. The van der Waals surface area contributed by atoms with Crippen LogP contribution in [0.25, 0.3) is 0 Å². The molecule has 2 N–H and O–H groups in total. The van der Waals surface area contributed by atoms with Gasteiger partial charge in [-0.2, -0.15) is 0 Å². The van der Waals surface area contributed by atoms with Crippen LogP contribution >= 0.6 is 0 Å². The fourth-order valence-electron chi connectivity index (χ4n) is 2.43. The maximum absolute atomic E-state index is 5.97. The molecule has 1 aromatic heterocycles. The lowest BCUT2D eigenvalue weighted by Crippen LogP contribution is -2.35. The van der Waals surface area contributed by atoms with Gasteiger partial charge < -0.3 is 15.2 Å². The number of ether oxygens (including phenoxy) is 2. The zero-order valence-electron chi connectivity index (χ0n) is 11.5. The van der Waals surface area contributed by atoms with Gasteiger partial charge in [-0.1, -0.05) is 13.3 Å². The number of nitrogens with two attached hydrogens (primary N) is 1. The minimum atomic E-state index is 0.174. The molecule has 1 aliphatic rings. The van der Waals surface area contributed by atoms with Crippen molar-refractivity contribution in [2.75, 3.05) is 13.2 Å². The molecule has 0 amide bonds. The summed E-state index contributed by atoms with van der Waals surface area (Å²) >= 11 is 0. The molecule has 1 aliphatic carbocycles. The van der Waals surface area contributed by atoms with E-state index >= 15 is 0 Å². The summed E-state index contributed by atoms with van der Waals surface area (Å²) in [5.74, 6) is 1.60. The van der Waals surface area contributed by atoms with Gasteiger partial charge in [-0.3, -0.25) is 0 Å². The van der Waals surface area contributed by atoms with Crippen LogP contribution in [0.3, 0.4) is 0 Å². The summed E-state index contributed by atoms with van der Waals surface area (Å²) in [7, 11) is 0. The van der Waals surface area contributed by atoms with Gasteiger partial charge in [-0.05, 0) is 32.2 Å². The standard InChI is InChI=1S/C14H23N3O2/c1-2-7-18-13-8-14(17-10-16-13)19-12-6-4-3-5-11(12)9-15/h8,10-12H,2-7,9,15H2,1H3. The van der Waals surface area contributed by atoms with Crippen molar-refractivity contribution in [1.82, 2.24) is 9.97 Å². The van der Waals surface area contributed by atoms with Gasteiger partial charge in [0.1, 0.15) is 12.4 Å². The fourth-order valence-corrected chi connectivity index (χ4v) is 2.43. The Hall–Kier alpha value is -1.36. The molecule has 0 bridgehead atoms. The van der Waals surface area contributed by atoms with Crippen LogP contribution in [0.15, 0.2) is 12.4 Å². The van der Waals surface area contributed by atoms with E-state index in [1.807, 2.05) is 0 Å². The van der Waals surface area contributed by atoms with E-state index in [1.54, 1.807) is 6.07 Å². The van der Waals surface area contributed by atoms with Gasteiger partial charge in [0, 0.05) is 5.92 Å². The molecule has 2 atom stereocenters. The highest BCUT2D eigenvalue weighted by molar-refractivity contribution is 5.18. The molecule has 106 valence electrons. The van der Waals surface area contributed by atoms with Crippen molar-refractivity contribution in [2.24, 2.45) is 11.7 Å². The second-order valence-electron chi connectivity index (χ2n) is 4.98. The van der Waals surface area contributed by atoms with Crippen molar-refractivity contribution < 1.29 is 9.47 Å². The molecular formula is C14H23N3O2. The highest BCUT2D eigenvalue weighted by atomic mass is 16.5. The average molecular weight is 265 g/mol. The lowest BCUT2D eigenvalue weighted by atomic mass is 9.86. The third-order valence-corrected chi connectivity index (χ3v) is 3.49. The Balaban J connectivity index is 1.97. The van der Waals surface area contributed by atoms with E-state index in [0.717, 1.165) is 19.3 Å². The van der Waals surface area contributed by atoms with Crippen LogP contribution in [0.5, 0.6) is 11.8 Å². The van der Waals surface area contributed by atoms with Gasteiger partial charge in [0.25, 0.3) is 0 Å². The normalized spacial score (nSPS) is 23.1. The molecule has 5 nitrogen and oxygen atoms in total. The van der Waals surface area contributed by atoms with Crippen molar-refractivity contribution in [2.45, 2.75) is 45.1 Å². The molecule has 2 rings (SSSR count). The predicted octanol–water partition coefficient (Wildman–Crippen LogP) is 2.16. The second-order valence-corrected chi connectivity index (χ2v) is 4.98. The van der Waals surface area contributed by atoms with Gasteiger partial charge >= 0.3 is 0 Å². The summed E-state index contributed by atoms with van der Waals surface area (Å²) in [6, 6.07) is 1.76. The smallest absolute Gasteiger partial charge is 0.220 e. The number of hydrogen-bond donors (Lipinski definition) is 1. The van der Waals surface area contributed by atoms with Crippen LogP contribution in [0, 0.1) is 5.92 Å². The maximum atomic E-state index is 5.97. The number of aromatic nitrogens is 2. The first-order valence-corrected chi connectivity index (χ1v) is 7.15. The van der Waals surface area contributed by atoms with Crippen LogP contribution in [0.2, 0.25) is 0 Å². The van der Waals surface area contributed by atoms with Crippen LogP contribution < -0.4 is 15.2 Å². The molecule has 19 heavy (non-hydrogen) atoms. The van der Waals surface area contributed by atoms with Crippen LogP contribution in [-0.4, -0.2) is 29.2 Å². The van der Waals surface area contributed by atoms with Crippen molar-refractivity contribution in [3.05, 3.63) is 12.4 Å². The topological polar surface area (TPSA) is 70.3 Å². The molecule has 0 spiro atoms. The van der Waals surface area contributed by atoms with E-state index in [-0.39, 0.29) is 6.10 Å². The molecule has 0 aromatic carbocycles. The molecule has 1 saturated carbocycles. The van der Waals surface area contributed by atoms with E-state index < -0.39 is 0 Å². The predicted molar refractivity (Wildman–Crippen MR) is 73.2 cm³/mol. The summed E-state index contributed by atoms with van der Waals surface area (Å²) in [6.07, 6.45) is 7.26. The maximum Gasteiger partial charge on any atom is 0.220 e. The van der Waals surface area contributed by atoms with E-state index in [4.69, 9.17) is 15.2 Å². The fraction of sp³-hybridized carbons (Fsp3) is 0.714. The zero-order chi connectivity index (χ0) is 13.5. The van der Waals surface area contributed by atoms with Gasteiger partial charge in [0.05, 0.1) is 12.7 Å². The van der Waals surface area contributed by atoms with Crippen molar-refractivity contribution >= 4 is 0 Å².